The van der Waals surface area contributed by atoms with E-state index in [4.69, 9.17) is 14.2 Å². The van der Waals surface area contributed by atoms with Gasteiger partial charge in [-0.1, -0.05) is 36.4 Å². The topological polar surface area (TPSA) is 82.1 Å². The summed E-state index contributed by atoms with van der Waals surface area (Å²) in [6.45, 7) is 1.50. The highest BCUT2D eigenvalue weighted by Crippen LogP contribution is 2.28. The van der Waals surface area contributed by atoms with Crippen LogP contribution in [-0.4, -0.2) is 47.8 Å². The molecule has 2 aromatic carbocycles. The van der Waals surface area contributed by atoms with Gasteiger partial charge in [-0.15, -0.1) is 0 Å². The molecular weight excluding hydrogens is 355 g/mol. The Hall–Kier alpha value is -2.77. The SMILES string of the molecule is C[C@H]1O[C@@H](O)[C@H](F)[C@H](OC(=O)c2ccccc2)[C@@H]1OC(=O)c1ccccc1. The minimum absolute atomic E-state index is 0.214. The fourth-order valence-corrected chi connectivity index (χ4v) is 2.81. The summed E-state index contributed by atoms with van der Waals surface area (Å²) in [6.07, 6.45) is -7.47. The maximum absolute atomic E-state index is 14.6. The number of benzene rings is 2. The van der Waals surface area contributed by atoms with Crippen LogP contribution < -0.4 is 0 Å². The first-order valence-corrected chi connectivity index (χ1v) is 8.47. The largest absolute Gasteiger partial charge is 0.452 e. The van der Waals surface area contributed by atoms with Crippen LogP contribution in [0.2, 0.25) is 0 Å². The number of aliphatic hydroxyl groups is 1. The van der Waals surface area contributed by atoms with Gasteiger partial charge in [0.2, 0.25) is 0 Å². The van der Waals surface area contributed by atoms with Crippen LogP contribution in [0.1, 0.15) is 27.6 Å². The highest BCUT2D eigenvalue weighted by atomic mass is 19.1. The Kier molecular flexibility index (Phi) is 5.83. The zero-order chi connectivity index (χ0) is 19.4. The van der Waals surface area contributed by atoms with Gasteiger partial charge in [0.05, 0.1) is 17.2 Å². The first-order chi connectivity index (χ1) is 13.0. The van der Waals surface area contributed by atoms with Crippen LogP contribution in [0.3, 0.4) is 0 Å². The van der Waals surface area contributed by atoms with E-state index in [1.807, 2.05) is 0 Å². The molecule has 1 aliphatic heterocycles. The molecule has 7 heteroatoms. The van der Waals surface area contributed by atoms with Crippen LogP contribution in [0.15, 0.2) is 60.7 Å². The zero-order valence-electron chi connectivity index (χ0n) is 14.5. The first kappa shape index (κ1) is 19.0. The maximum Gasteiger partial charge on any atom is 0.338 e. The second-order valence-corrected chi connectivity index (χ2v) is 6.15. The van der Waals surface area contributed by atoms with E-state index in [2.05, 4.69) is 0 Å². The highest BCUT2D eigenvalue weighted by Gasteiger charge is 2.49. The maximum atomic E-state index is 14.6. The molecule has 1 saturated heterocycles. The predicted molar refractivity (Wildman–Crippen MR) is 92.7 cm³/mol. The molecule has 27 heavy (non-hydrogen) atoms. The van der Waals surface area contributed by atoms with Crippen molar-refractivity contribution >= 4 is 11.9 Å². The monoisotopic (exact) mass is 374 g/mol. The van der Waals surface area contributed by atoms with Crippen molar-refractivity contribution < 1.29 is 33.3 Å². The number of halogens is 1. The Morgan fingerprint density at radius 3 is 1.81 bits per heavy atom. The zero-order valence-corrected chi connectivity index (χ0v) is 14.5. The first-order valence-electron chi connectivity index (χ1n) is 8.47. The second kappa shape index (κ2) is 8.28. The Morgan fingerprint density at radius 2 is 1.33 bits per heavy atom. The lowest BCUT2D eigenvalue weighted by Crippen LogP contribution is -2.58. The Balaban J connectivity index is 1.80. The molecule has 0 saturated carbocycles. The van der Waals surface area contributed by atoms with Crippen LogP contribution in [0.25, 0.3) is 0 Å². The minimum Gasteiger partial charge on any atom is -0.452 e. The fourth-order valence-electron chi connectivity index (χ4n) is 2.81. The molecule has 6 nitrogen and oxygen atoms in total. The summed E-state index contributed by atoms with van der Waals surface area (Å²) < 4.78 is 30.2. The Morgan fingerprint density at radius 1 is 0.889 bits per heavy atom. The lowest BCUT2D eigenvalue weighted by Gasteiger charge is -2.39. The number of carbonyl (C=O) groups is 2. The smallest absolute Gasteiger partial charge is 0.338 e. The van der Waals surface area contributed by atoms with Gasteiger partial charge in [0.1, 0.15) is 0 Å². The van der Waals surface area contributed by atoms with Gasteiger partial charge < -0.3 is 19.3 Å². The molecule has 1 fully saturated rings. The lowest BCUT2D eigenvalue weighted by atomic mass is 10.00. The minimum atomic E-state index is -2.07. The average molecular weight is 374 g/mol. The molecule has 1 heterocycles. The summed E-state index contributed by atoms with van der Waals surface area (Å²) in [4.78, 5) is 24.7. The molecule has 5 atom stereocenters. The van der Waals surface area contributed by atoms with Crippen LogP contribution >= 0.6 is 0 Å². The van der Waals surface area contributed by atoms with Crippen molar-refractivity contribution in [2.24, 2.45) is 0 Å². The van der Waals surface area contributed by atoms with Crippen molar-refractivity contribution in [3.8, 4) is 0 Å². The van der Waals surface area contributed by atoms with Crippen molar-refractivity contribution in [3.63, 3.8) is 0 Å². The molecule has 1 N–H and O–H groups in total. The van der Waals surface area contributed by atoms with Gasteiger partial charge in [-0.2, -0.15) is 0 Å². The third kappa shape index (κ3) is 4.32. The van der Waals surface area contributed by atoms with Gasteiger partial charge in [-0.3, -0.25) is 0 Å². The van der Waals surface area contributed by atoms with Crippen molar-refractivity contribution in [1.82, 2.24) is 0 Å². The van der Waals surface area contributed by atoms with E-state index in [1.54, 1.807) is 48.5 Å². The fraction of sp³-hybridized carbons (Fsp3) is 0.300. The van der Waals surface area contributed by atoms with E-state index >= 15 is 0 Å². The summed E-state index contributed by atoms with van der Waals surface area (Å²) in [7, 11) is 0. The van der Waals surface area contributed by atoms with Crippen molar-refractivity contribution in [2.75, 3.05) is 0 Å². The molecule has 2 aromatic rings. The van der Waals surface area contributed by atoms with Crippen LogP contribution in [0.5, 0.6) is 0 Å². The average Bonchev–Trinajstić information content (AvgIpc) is 2.69. The van der Waals surface area contributed by atoms with E-state index < -0.39 is 42.7 Å². The number of hydrogen-bond acceptors (Lipinski definition) is 6. The molecule has 0 bridgehead atoms. The summed E-state index contributed by atoms with van der Waals surface area (Å²) in [6, 6.07) is 16.2. The van der Waals surface area contributed by atoms with Gasteiger partial charge in [-0.25, -0.2) is 14.0 Å². The summed E-state index contributed by atoms with van der Waals surface area (Å²) in [5.41, 5.74) is 0.478. The van der Waals surface area contributed by atoms with Gasteiger partial charge in [0.15, 0.2) is 24.7 Å². The second-order valence-electron chi connectivity index (χ2n) is 6.15. The van der Waals surface area contributed by atoms with Crippen LogP contribution in [0, 0.1) is 0 Å². The molecule has 0 aromatic heterocycles. The van der Waals surface area contributed by atoms with E-state index in [-0.39, 0.29) is 11.1 Å². The van der Waals surface area contributed by atoms with E-state index in [0.29, 0.717) is 0 Å². The number of carbonyl (C=O) groups excluding carboxylic acids is 2. The van der Waals surface area contributed by atoms with Gasteiger partial charge in [-0.05, 0) is 31.2 Å². The van der Waals surface area contributed by atoms with Crippen LogP contribution in [0.4, 0.5) is 4.39 Å². The van der Waals surface area contributed by atoms with Crippen molar-refractivity contribution in [3.05, 3.63) is 71.8 Å². The van der Waals surface area contributed by atoms with Crippen molar-refractivity contribution in [1.29, 1.82) is 0 Å². The number of ether oxygens (including phenoxy) is 3. The molecule has 0 aliphatic carbocycles. The summed E-state index contributed by atoms with van der Waals surface area (Å²) in [5.74, 6) is -1.49. The molecule has 142 valence electrons. The number of hydrogen-bond donors (Lipinski definition) is 1. The molecule has 3 rings (SSSR count). The summed E-state index contributed by atoms with van der Waals surface area (Å²) >= 11 is 0. The van der Waals surface area contributed by atoms with Crippen LogP contribution in [-0.2, 0) is 14.2 Å². The number of rotatable bonds is 4. The van der Waals surface area contributed by atoms with E-state index in [0.717, 1.165) is 0 Å². The molecule has 0 radical (unpaired) electrons. The third-order valence-electron chi connectivity index (χ3n) is 4.23. The van der Waals surface area contributed by atoms with E-state index in [9.17, 15) is 19.1 Å². The molecular formula is C20H19FO6. The Labute approximate surface area is 155 Å². The lowest BCUT2D eigenvalue weighted by molar-refractivity contribution is -0.260. The van der Waals surface area contributed by atoms with E-state index in [1.165, 1.54) is 19.1 Å². The molecule has 0 amide bonds. The number of esters is 2. The summed E-state index contributed by atoms with van der Waals surface area (Å²) in [5, 5.41) is 9.74. The number of aliphatic hydroxyl groups excluding tert-OH is 1. The molecule has 0 spiro atoms. The molecule has 1 aliphatic rings. The van der Waals surface area contributed by atoms with Gasteiger partial charge in [0.25, 0.3) is 0 Å². The van der Waals surface area contributed by atoms with Gasteiger partial charge in [0, 0.05) is 0 Å². The quantitative estimate of drug-likeness (QED) is 0.828. The predicted octanol–water partition coefficient (Wildman–Crippen LogP) is 2.51. The third-order valence-corrected chi connectivity index (χ3v) is 4.23. The normalized spacial score (nSPS) is 27.6. The standard InChI is InChI=1S/C20H19FO6/c1-12-16(26-18(22)13-8-4-2-5-9-13)17(15(21)20(24)25-12)27-19(23)14-10-6-3-7-11-14/h2-12,15-17,20,24H,1H3/t12-,15-,16-,17+,20-/m1/s1. The Bertz CT molecular complexity index is 782. The van der Waals surface area contributed by atoms with Gasteiger partial charge >= 0.3 is 11.9 Å². The number of alkyl halides is 1. The highest BCUT2D eigenvalue weighted by molar-refractivity contribution is 5.90. The van der Waals surface area contributed by atoms with Crippen molar-refractivity contribution in [2.45, 2.75) is 37.7 Å². The molecule has 0 unspecified atom stereocenters.